The van der Waals surface area contributed by atoms with Gasteiger partial charge in [-0.1, -0.05) is 30.3 Å². The number of amides is 1. The molecule has 1 aliphatic rings. The normalized spacial score (nSPS) is 18.4. The van der Waals surface area contributed by atoms with Crippen molar-refractivity contribution in [2.75, 3.05) is 0 Å². The Hall–Kier alpha value is -3.35. The zero-order valence-electron chi connectivity index (χ0n) is 18.0. The Bertz CT molecular complexity index is 1120. The number of rotatable bonds is 6. The van der Waals surface area contributed by atoms with Gasteiger partial charge in [0.15, 0.2) is 0 Å². The summed E-state index contributed by atoms with van der Waals surface area (Å²) in [6.45, 7) is 1.98. The van der Waals surface area contributed by atoms with Crippen molar-refractivity contribution in [2.24, 2.45) is 0 Å². The third-order valence-corrected chi connectivity index (χ3v) is 6.30. The number of benzene rings is 2. The van der Waals surface area contributed by atoms with E-state index in [4.69, 9.17) is 4.74 Å². The minimum Gasteiger partial charge on any atom is -0.480 e. The quantitative estimate of drug-likeness (QED) is 0.559. The van der Waals surface area contributed by atoms with E-state index < -0.39 is 12.1 Å². The monoisotopic (exact) mass is 438 g/mol. The molecule has 1 aromatic heterocycles. The molecule has 1 saturated carbocycles. The lowest BCUT2D eigenvalue weighted by Gasteiger charge is -2.29. The SMILES string of the molecule is Cc1c(C2CCC(NC(=O)OCc3ccccc3)CC2)c2cc(F)ccc2n1CC(=O)O. The van der Waals surface area contributed by atoms with Gasteiger partial charge in [-0.2, -0.15) is 0 Å². The number of hydrogen-bond acceptors (Lipinski definition) is 3. The largest absolute Gasteiger partial charge is 0.480 e. The van der Waals surface area contributed by atoms with Crippen molar-refractivity contribution in [3.8, 4) is 0 Å². The smallest absolute Gasteiger partial charge is 0.407 e. The van der Waals surface area contributed by atoms with Gasteiger partial charge >= 0.3 is 12.1 Å². The molecule has 7 heteroatoms. The van der Waals surface area contributed by atoms with Crippen LogP contribution in [0.15, 0.2) is 48.5 Å². The minimum absolute atomic E-state index is 0.0268. The van der Waals surface area contributed by atoms with E-state index in [2.05, 4.69) is 5.32 Å². The van der Waals surface area contributed by atoms with Crippen LogP contribution in [-0.4, -0.2) is 27.8 Å². The summed E-state index contributed by atoms with van der Waals surface area (Å²) in [6, 6.07) is 14.1. The topological polar surface area (TPSA) is 80.6 Å². The van der Waals surface area contributed by atoms with Gasteiger partial charge in [0.1, 0.15) is 19.0 Å². The molecule has 0 radical (unpaired) electrons. The van der Waals surface area contributed by atoms with Gasteiger partial charge in [0.25, 0.3) is 0 Å². The lowest BCUT2D eigenvalue weighted by Crippen LogP contribution is -2.37. The Morgan fingerprint density at radius 2 is 1.84 bits per heavy atom. The Morgan fingerprint density at radius 1 is 1.12 bits per heavy atom. The van der Waals surface area contributed by atoms with Crippen molar-refractivity contribution >= 4 is 23.0 Å². The van der Waals surface area contributed by atoms with Crippen LogP contribution in [0.25, 0.3) is 10.9 Å². The van der Waals surface area contributed by atoms with Gasteiger partial charge in [-0.05, 0) is 67.9 Å². The van der Waals surface area contributed by atoms with Crippen LogP contribution in [0.2, 0.25) is 0 Å². The van der Waals surface area contributed by atoms with Gasteiger partial charge in [0, 0.05) is 22.6 Å². The Kier molecular flexibility index (Phi) is 6.44. The maximum absolute atomic E-state index is 14.0. The molecule has 0 aliphatic heterocycles. The number of aromatic nitrogens is 1. The number of ether oxygens (including phenoxy) is 1. The summed E-state index contributed by atoms with van der Waals surface area (Å²) in [6.07, 6.45) is 2.80. The van der Waals surface area contributed by atoms with E-state index in [0.717, 1.165) is 53.4 Å². The number of alkyl carbamates (subject to hydrolysis) is 1. The van der Waals surface area contributed by atoms with E-state index in [1.54, 1.807) is 10.6 Å². The molecule has 0 bridgehead atoms. The molecule has 4 rings (SSSR count). The van der Waals surface area contributed by atoms with E-state index in [9.17, 15) is 19.1 Å². The van der Waals surface area contributed by atoms with Crippen LogP contribution in [0.1, 0.15) is 48.4 Å². The summed E-state index contributed by atoms with van der Waals surface area (Å²) < 4.78 is 21.1. The summed E-state index contributed by atoms with van der Waals surface area (Å²) in [4.78, 5) is 23.5. The molecule has 0 unspecified atom stereocenters. The molecule has 6 nitrogen and oxygen atoms in total. The lowest BCUT2D eigenvalue weighted by atomic mass is 9.80. The Labute approximate surface area is 186 Å². The first-order valence-corrected chi connectivity index (χ1v) is 10.9. The van der Waals surface area contributed by atoms with Crippen LogP contribution < -0.4 is 5.32 Å². The number of aliphatic carboxylic acids is 1. The van der Waals surface area contributed by atoms with E-state index in [1.165, 1.54) is 12.1 Å². The van der Waals surface area contributed by atoms with E-state index in [0.29, 0.717) is 0 Å². The van der Waals surface area contributed by atoms with Gasteiger partial charge in [-0.15, -0.1) is 0 Å². The number of halogens is 1. The van der Waals surface area contributed by atoms with Crippen molar-refractivity contribution < 1.29 is 23.8 Å². The molecule has 1 amide bonds. The average molecular weight is 438 g/mol. The Balaban J connectivity index is 1.42. The number of carboxylic acids is 1. The minimum atomic E-state index is -0.928. The molecule has 1 heterocycles. The van der Waals surface area contributed by atoms with Crippen LogP contribution in [0.3, 0.4) is 0 Å². The highest BCUT2D eigenvalue weighted by Gasteiger charge is 2.28. The molecule has 168 valence electrons. The summed E-state index contributed by atoms with van der Waals surface area (Å²) >= 11 is 0. The highest BCUT2D eigenvalue weighted by Crippen LogP contribution is 2.40. The third-order valence-electron chi connectivity index (χ3n) is 6.30. The van der Waals surface area contributed by atoms with Crippen LogP contribution in [0.4, 0.5) is 9.18 Å². The number of nitrogens with one attached hydrogen (secondary N) is 1. The summed E-state index contributed by atoms with van der Waals surface area (Å²) in [5, 5.41) is 13.0. The molecule has 3 aromatic rings. The second-order valence-electron chi connectivity index (χ2n) is 8.40. The van der Waals surface area contributed by atoms with Crippen molar-refractivity contribution in [2.45, 2.75) is 57.7 Å². The van der Waals surface area contributed by atoms with Crippen molar-refractivity contribution in [1.82, 2.24) is 9.88 Å². The fraction of sp³-hybridized carbons (Fsp3) is 0.360. The molecule has 32 heavy (non-hydrogen) atoms. The average Bonchev–Trinajstić information content (AvgIpc) is 3.04. The number of hydrogen-bond donors (Lipinski definition) is 2. The van der Waals surface area contributed by atoms with Crippen LogP contribution >= 0.6 is 0 Å². The van der Waals surface area contributed by atoms with Crippen LogP contribution in [-0.2, 0) is 22.7 Å². The molecule has 1 fully saturated rings. The van der Waals surface area contributed by atoms with Gasteiger partial charge in [0.2, 0.25) is 0 Å². The zero-order chi connectivity index (χ0) is 22.7. The third kappa shape index (κ3) is 4.77. The summed E-state index contributed by atoms with van der Waals surface area (Å²) in [5.74, 6) is -1.07. The predicted molar refractivity (Wildman–Crippen MR) is 119 cm³/mol. The summed E-state index contributed by atoms with van der Waals surface area (Å²) in [7, 11) is 0. The number of carboxylic acid groups (broad SMARTS) is 1. The number of carbonyl (C=O) groups excluding carboxylic acids is 1. The van der Waals surface area contributed by atoms with E-state index in [-0.39, 0.29) is 30.9 Å². The Morgan fingerprint density at radius 3 is 2.53 bits per heavy atom. The summed E-state index contributed by atoms with van der Waals surface area (Å²) in [5.41, 5.74) is 3.57. The zero-order valence-corrected chi connectivity index (χ0v) is 18.0. The molecule has 0 spiro atoms. The van der Waals surface area contributed by atoms with Gasteiger partial charge < -0.3 is 19.7 Å². The first kappa shape index (κ1) is 21.9. The second kappa shape index (κ2) is 9.42. The molecule has 2 aromatic carbocycles. The number of fused-ring (bicyclic) bond motifs is 1. The molecule has 0 saturated heterocycles. The molecular weight excluding hydrogens is 411 g/mol. The highest BCUT2D eigenvalue weighted by molar-refractivity contribution is 5.87. The van der Waals surface area contributed by atoms with Crippen molar-refractivity contribution in [3.05, 3.63) is 71.2 Å². The van der Waals surface area contributed by atoms with Gasteiger partial charge in [0.05, 0.1) is 0 Å². The second-order valence-corrected chi connectivity index (χ2v) is 8.40. The number of nitrogens with zero attached hydrogens (tertiary/aromatic N) is 1. The lowest BCUT2D eigenvalue weighted by molar-refractivity contribution is -0.137. The molecule has 1 aliphatic carbocycles. The molecule has 0 atom stereocenters. The van der Waals surface area contributed by atoms with E-state index >= 15 is 0 Å². The molecular formula is C25H27FN2O4. The fourth-order valence-electron chi connectivity index (χ4n) is 4.79. The standard InChI is InChI=1S/C25H27FN2O4/c1-16-24(21-13-19(26)9-12-22(21)28(16)14-23(29)30)18-7-10-20(11-8-18)27-25(31)32-15-17-5-3-2-4-6-17/h2-6,9,12-13,18,20H,7-8,10-11,14-15H2,1H3,(H,27,31)(H,29,30). The number of carbonyl (C=O) groups is 2. The maximum atomic E-state index is 14.0. The van der Waals surface area contributed by atoms with Crippen LogP contribution in [0, 0.1) is 12.7 Å². The molecule has 2 N–H and O–H groups in total. The van der Waals surface area contributed by atoms with Crippen LogP contribution in [0.5, 0.6) is 0 Å². The fourth-order valence-corrected chi connectivity index (χ4v) is 4.79. The first-order valence-electron chi connectivity index (χ1n) is 10.9. The van der Waals surface area contributed by atoms with Gasteiger partial charge in [-0.25, -0.2) is 9.18 Å². The first-order chi connectivity index (χ1) is 15.4. The van der Waals surface area contributed by atoms with Crippen molar-refractivity contribution in [3.63, 3.8) is 0 Å². The van der Waals surface area contributed by atoms with E-state index in [1.807, 2.05) is 37.3 Å². The highest BCUT2D eigenvalue weighted by atomic mass is 19.1. The van der Waals surface area contributed by atoms with Crippen molar-refractivity contribution in [1.29, 1.82) is 0 Å². The maximum Gasteiger partial charge on any atom is 0.407 e. The van der Waals surface area contributed by atoms with Gasteiger partial charge in [-0.3, -0.25) is 4.79 Å². The predicted octanol–water partition coefficient (Wildman–Crippen LogP) is 5.13.